The second kappa shape index (κ2) is 5.83. The lowest BCUT2D eigenvalue weighted by molar-refractivity contribution is 0.135. The molecule has 0 spiro atoms. The van der Waals surface area contributed by atoms with Crippen LogP contribution in [-0.2, 0) is 6.54 Å². The van der Waals surface area contributed by atoms with Crippen molar-refractivity contribution in [1.82, 2.24) is 10.3 Å². The first-order valence-corrected chi connectivity index (χ1v) is 5.41. The molecule has 1 heterocycles. The summed E-state index contributed by atoms with van der Waals surface area (Å²) in [7, 11) is 0. The molecule has 1 atom stereocenters. The van der Waals surface area contributed by atoms with Crippen molar-refractivity contribution in [2.45, 2.75) is 26.8 Å². The molecule has 84 valence electrons. The van der Waals surface area contributed by atoms with Gasteiger partial charge < -0.3 is 10.4 Å². The van der Waals surface area contributed by atoms with Crippen LogP contribution in [0, 0.1) is 5.41 Å². The van der Waals surface area contributed by atoms with Crippen LogP contribution in [-0.4, -0.2) is 23.2 Å². The van der Waals surface area contributed by atoms with Gasteiger partial charge in [-0.25, -0.2) is 0 Å². The van der Waals surface area contributed by atoms with Crippen molar-refractivity contribution in [2.75, 3.05) is 13.2 Å². The van der Waals surface area contributed by atoms with Gasteiger partial charge in [0.2, 0.25) is 0 Å². The number of nitrogens with zero attached hydrogens (tertiary/aromatic N) is 1. The molecule has 2 N–H and O–H groups in total. The molecule has 0 bridgehead atoms. The first-order chi connectivity index (χ1) is 7.20. The summed E-state index contributed by atoms with van der Waals surface area (Å²) >= 11 is 0. The molecule has 0 saturated carbocycles. The van der Waals surface area contributed by atoms with Crippen LogP contribution in [0.25, 0.3) is 0 Å². The van der Waals surface area contributed by atoms with Gasteiger partial charge in [-0.2, -0.15) is 0 Å². The summed E-state index contributed by atoms with van der Waals surface area (Å²) in [6.07, 6.45) is 4.57. The molecule has 0 aliphatic carbocycles. The monoisotopic (exact) mass is 208 g/mol. The van der Waals surface area contributed by atoms with Crippen molar-refractivity contribution in [3.63, 3.8) is 0 Å². The van der Waals surface area contributed by atoms with Crippen LogP contribution in [0.4, 0.5) is 0 Å². The molecule has 1 aromatic heterocycles. The largest absolute Gasteiger partial charge is 0.396 e. The van der Waals surface area contributed by atoms with Gasteiger partial charge in [-0.3, -0.25) is 4.98 Å². The highest BCUT2D eigenvalue weighted by atomic mass is 16.3. The SMILES string of the molecule is CCC(C)(CO)CNCc1ccncc1. The van der Waals surface area contributed by atoms with Crippen molar-refractivity contribution >= 4 is 0 Å². The second-order valence-electron chi connectivity index (χ2n) is 4.28. The highest BCUT2D eigenvalue weighted by Crippen LogP contribution is 2.18. The molecule has 1 rings (SSSR count). The number of nitrogens with one attached hydrogen (secondary N) is 1. The van der Waals surface area contributed by atoms with E-state index in [0.29, 0.717) is 0 Å². The predicted octanol–water partition coefficient (Wildman–Crippen LogP) is 1.58. The van der Waals surface area contributed by atoms with E-state index in [2.05, 4.69) is 24.1 Å². The molecular weight excluding hydrogens is 188 g/mol. The van der Waals surface area contributed by atoms with Gasteiger partial charge in [0.15, 0.2) is 0 Å². The number of aliphatic hydroxyl groups excluding tert-OH is 1. The topological polar surface area (TPSA) is 45.1 Å². The summed E-state index contributed by atoms with van der Waals surface area (Å²) < 4.78 is 0. The lowest BCUT2D eigenvalue weighted by Gasteiger charge is -2.25. The summed E-state index contributed by atoms with van der Waals surface area (Å²) in [6.45, 7) is 6.09. The van der Waals surface area contributed by atoms with Crippen LogP contribution in [0.15, 0.2) is 24.5 Å². The smallest absolute Gasteiger partial charge is 0.0496 e. The van der Waals surface area contributed by atoms with Gasteiger partial charge in [-0.1, -0.05) is 13.8 Å². The Balaban J connectivity index is 2.33. The van der Waals surface area contributed by atoms with E-state index in [1.165, 1.54) is 5.56 Å². The Morgan fingerprint density at radius 3 is 2.60 bits per heavy atom. The van der Waals surface area contributed by atoms with Crippen molar-refractivity contribution in [3.8, 4) is 0 Å². The van der Waals surface area contributed by atoms with Crippen LogP contribution < -0.4 is 5.32 Å². The van der Waals surface area contributed by atoms with E-state index in [0.717, 1.165) is 19.5 Å². The van der Waals surface area contributed by atoms with E-state index in [9.17, 15) is 5.11 Å². The Kier molecular flexibility index (Phi) is 4.72. The van der Waals surface area contributed by atoms with Gasteiger partial charge in [0.25, 0.3) is 0 Å². The summed E-state index contributed by atoms with van der Waals surface area (Å²) in [6, 6.07) is 3.99. The molecule has 0 aliphatic rings. The van der Waals surface area contributed by atoms with Crippen molar-refractivity contribution < 1.29 is 5.11 Å². The molecule has 1 unspecified atom stereocenters. The summed E-state index contributed by atoms with van der Waals surface area (Å²) in [5.74, 6) is 0. The van der Waals surface area contributed by atoms with Gasteiger partial charge >= 0.3 is 0 Å². The minimum atomic E-state index is -0.00691. The van der Waals surface area contributed by atoms with Gasteiger partial charge in [-0.05, 0) is 24.1 Å². The van der Waals surface area contributed by atoms with Crippen LogP contribution in [0.2, 0.25) is 0 Å². The zero-order valence-electron chi connectivity index (χ0n) is 9.53. The van der Waals surface area contributed by atoms with Crippen LogP contribution in [0.5, 0.6) is 0 Å². The molecule has 3 heteroatoms. The van der Waals surface area contributed by atoms with Crippen molar-refractivity contribution in [2.24, 2.45) is 5.41 Å². The number of hydrogen-bond donors (Lipinski definition) is 2. The molecular formula is C12H20N2O. The Morgan fingerprint density at radius 2 is 2.07 bits per heavy atom. The molecule has 15 heavy (non-hydrogen) atoms. The highest BCUT2D eigenvalue weighted by molar-refractivity contribution is 5.09. The maximum atomic E-state index is 9.23. The first kappa shape index (κ1) is 12.1. The van der Waals surface area contributed by atoms with Gasteiger partial charge in [-0.15, -0.1) is 0 Å². The minimum Gasteiger partial charge on any atom is -0.396 e. The maximum absolute atomic E-state index is 9.23. The minimum absolute atomic E-state index is 0.00691. The molecule has 0 aliphatic heterocycles. The number of rotatable bonds is 6. The first-order valence-electron chi connectivity index (χ1n) is 5.41. The van der Waals surface area contributed by atoms with E-state index < -0.39 is 0 Å². The highest BCUT2D eigenvalue weighted by Gasteiger charge is 2.19. The van der Waals surface area contributed by atoms with E-state index >= 15 is 0 Å². The summed E-state index contributed by atoms with van der Waals surface area (Å²) in [5.41, 5.74) is 1.22. The predicted molar refractivity (Wildman–Crippen MR) is 61.4 cm³/mol. The molecule has 0 radical (unpaired) electrons. The Morgan fingerprint density at radius 1 is 1.40 bits per heavy atom. The van der Waals surface area contributed by atoms with Gasteiger partial charge in [0.05, 0.1) is 0 Å². The maximum Gasteiger partial charge on any atom is 0.0496 e. The van der Waals surface area contributed by atoms with Crippen LogP contribution in [0.3, 0.4) is 0 Å². The normalized spacial score (nSPS) is 14.9. The number of aromatic nitrogens is 1. The molecule has 3 nitrogen and oxygen atoms in total. The lowest BCUT2D eigenvalue weighted by Crippen LogP contribution is -2.34. The third kappa shape index (κ3) is 3.98. The quantitative estimate of drug-likeness (QED) is 0.746. The van der Waals surface area contributed by atoms with E-state index in [4.69, 9.17) is 0 Å². The average molecular weight is 208 g/mol. The molecule has 0 amide bonds. The van der Waals surface area contributed by atoms with E-state index in [1.54, 1.807) is 12.4 Å². The fourth-order valence-electron chi connectivity index (χ4n) is 1.30. The van der Waals surface area contributed by atoms with E-state index in [1.807, 2.05) is 12.1 Å². The zero-order chi connectivity index (χ0) is 11.1. The summed E-state index contributed by atoms with van der Waals surface area (Å²) in [4.78, 5) is 3.97. The average Bonchev–Trinajstić information content (AvgIpc) is 2.30. The Bertz CT molecular complexity index is 270. The third-order valence-corrected chi connectivity index (χ3v) is 2.87. The molecule has 0 saturated heterocycles. The second-order valence-corrected chi connectivity index (χ2v) is 4.28. The third-order valence-electron chi connectivity index (χ3n) is 2.87. The number of hydrogen-bond acceptors (Lipinski definition) is 3. The van der Waals surface area contributed by atoms with Crippen molar-refractivity contribution in [1.29, 1.82) is 0 Å². The molecule has 0 fully saturated rings. The Labute approximate surface area is 91.5 Å². The number of aliphatic hydroxyl groups is 1. The fourth-order valence-corrected chi connectivity index (χ4v) is 1.30. The lowest BCUT2D eigenvalue weighted by atomic mass is 9.88. The fraction of sp³-hybridized carbons (Fsp3) is 0.583. The standard InChI is InChI=1S/C12H20N2O/c1-3-12(2,10-15)9-14-8-11-4-6-13-7-5-11/h4-7,14-15H,3,8-10H2,1-2H3. The van der Waals surface area contributed by atoms with Crippen molar-refractivity contribution in [3.05, 3.63) is 30.1 Å². The van der Waals surface area contributed by atoms with Gasteiger partial charge in [0.1, 0.15) is 0 Å². The van der Waals surface area contributed by atoms with Crippen LogP contribution >= 0.6 is 0 Å². The molecule has 0 aromatic carbocycles. The summed E-state index contributed by atoms with van der Waals surface area (Å²) in [5, 5.41) is 12.6. The number of pyridine rings is 1. The molecule has 1 aromatic rings. The van der Waals surface area contributed by atoms with E-state index in [-0.39, 0.29) is 12.0 Å². The van der Waals surface area contributed by atoms with Crippen LogP contribution in [0.1, 0.15) is 25.8 Å². The zero-order valence-corrected chi connectivity index (χ0v) is 9.53. The Hall–Kier alpha value is -0.930. The van der Waals surface area contributed by atoms with Gasteiger partial charge in [0, 0.05) is 37.5 Å².